The fourth-order valence-electron chi connectivity index (χ4n) is 3.48. The first kappa shape index (κ1) is 26.6. The Bertz CT molecular complexity index is 1390. The molecule has 3 aromatic carbocycles. The van der Waals surface area contributed by atoms with Crippen LogP contribution in [0.15, 0.2) is 78.0 Å². The highest BCUT2D eigenvalue weighted by atomic mass is 35.5. The van der Waals surface area contributed by atoms with E-state index in [1.165, 1.54) is 12.1 Å². The van der Waals surface area contributed by atoms with E-state index >= 15 is 0 Å². The van der Waals surface area contributed by atoms with E-state index in [0.29, 0.717) is 33.9 Å². The predicted octanol–water partition coefficient (Wildman–Crippen LogP) is 7.12. The first-order chi connectivity index (χ1) is 17.7. The second-order valence-electron chi connectivity index (χ2n) is 7.88. The minimum Gasteiger partial charge on any atom is -0.494 e. The van der Waals surface area contributed by atoms with Gasteiger partial charge in [-0.2, -0.15) is 13.2 Å². The second kappa shape index (κ2) is 11.3. The molecule has 1 heterocycles. The van der Waals surface area contributed by atoms with Crippen LogP contribution in [0.2, 0.25) is 5.02 Å². The van der Waals surface area contributed by atoms with Gasteiger partial charge in [-0.3, -0.25) is 9.36 Å². The Morgan fingerprint density at radius 3 is 2.49 bits per heavy atom. The molecule has 1 aromatic heterocycles. The zero-order chi connectivity index (χ0) is 26.6. The Hall–Kier alpha value is -3.50. The third-order valence-electron chi connectivity index (χ3n) is 5.26. The summed E-state index contributed by atoms with van der Waals surface area (Å²) in [5.41, 5.74) is 0.581. The molecule has 6 nitrogen and oxygen atoms in total. The SMILES string of the molecule is CCOc1ccc(-n2c(S[C@H](C)C(=O)Nc3cccc(C(F)(F)F)c3)nnc2-c2ccccc2Cl)cc1. The molecule has 1 atom stereocenters. The molecule has 4 aromatic rings. The number of anilines is 1. The van der Waals surface area contributed by atoms with Crippen molar-refractivity contribution in [1.82, 2.24) is 14.8 Å². The summed E-state index contributed by atoms with van der Waals surface area (Å²) in [4.78, 5) is 12.9. The van der Waals surface area contributed by atoms with E-state index in [1.807, 2.05) is 43.3 Å². The van der Waals surface area contributed by atoms with Crippen molar-refractivity contribution in [1.29, 1.82) is 0 Å². The molecule has 0 saturated carbocycles. The van der Waals surface area contributed by atoms with E-state index in [9.17, 15) is 18.0 Å². The number of halogens is 4. The average Bonchev–Trinajstić information content (AvgIpc) is 3.27. The van der Waals surface area contributed by atoms with Crippen LogP contribution in [-0.2, 0) is 11.0 Å². The van der Waals surface area contributed by atoms with Crippen molar-refractivity contribution >= 4 is 35.0 Å². The molecule has 0 spiro atoms. The molecule has 11 heteroatoms. The van der Waals surface area contributed by atoms with Crippen LogP contribution in [0, 0.1) is 0 Å². The van der Waals surface area contributed by atoms with Crippen LogP contribution in [0.25, 0.3) is 17.1 Å². The van der Waals surface area contributed by atoms with E-state index < -0.39 is 22.9 Å². The molecule has 37 heavy (non-hydrogen) atoms. The smallest absolute Gasteiger partial charge is 0.416 e. The number of amides is 1. The van der Waals surface area contributed by atoms with Gasteiger partial charge in [0.05, 0.1) is 22.4 Å². The molecule has 0 aliphatic carbocycles. The van der Waals surface area contributed by atoms with Gasteiger partial charge in [-0.1, -0.05) is 41.6 Å². The number of nitrogens with zero attached hydrogens (tertiary/aromatic N) is 3. The Kier molecular flexibility index (Phi) is 8.09. The highest BCUT2D eigenvalue weighted by molar-refractivity contribution is 8.00. The van der Waals surface area contributed by atoms with Crippen LogP contribution < -0.4 is 10.1 Å². The molecule has 0 unspecified atom stereocenters. The summed E-state index contributed by atoms with van der Waals surface area (Å²) < 4.78 is 46.4. The van der Waals surface area contributed by atoms with Gasteiger partial charge in [-0.15, -0.1) is 10.2 Å². The summed E-state index contributed by atoms with van der Waals surface area (Å²) in [6, 6.07) is 19.0. The zero-order valence-corrected chi connectivity index (χ0v) is 21.4. The second-order valence-corrected chi connectivity index (χ2v) is 9.59. The molecule has 4 rings (SSSR count). The third-order valence-corrected chi connectivity index (χ3v) is 6.64. The quantitative estimate of drug-likeness (QED) is 0.238. The number of alkyl halides is 3. The highest BCUT2D eigenvalue weighted by Gasteiger charge is 2.31. The molecular formula is C26H22ClF3N4O2S. The number of carbonyl (C=O) groups excluding carboxylic acids is 1. The lowest BCUT2D eigenvalue weighted by Crippen LogP contribution is -2.23. The maximum Gasteiger partial charge on any atom is 0.416 e. The molecular weight excluding hydrogens is 525 g/mol. The number of hydrogen-bond acceptors (Lipinski definition) is 5. The van der Waals surface area contributed by atoms with Gasteiger partial charge in [-0.25, -0.2) is 0 Å². The van der Waals surface area contributed by atoms with Crippen molar-refractivity contribution in [2.75, 3.05) is 11.9 Å². The van der Waals surface area contributed by atoms with Gasteiger partial charge in [0, 0.05) is 16.9 Å². The molecule has 1 N–H and O–H groups in total. The Labute approximate surface area is 220 Å². The van der Waals surface area contributed by atoms with E-state index in [4.69, 9.17) is 16.3 Å². The summed E-state index contributed by atoms with van der Waals surface area (Å²) in [5, 5.41) is 11.4. The predicted molar refractivity (Wildman–Crippen MR) is 138 cm³/mol. The van der Waals surface area contributed by atoms with Crippen molar-refractivity contribution in [2.24, 2.45) is 0 Å². The number of rotatable bonds is 8. The van der Waals surface area contributed by atoms with Crippen LogP contribution in [0.3, 0.4) is 0 Å². The number of carbonyl (C=O) groups is 1. The number of thioether (sulfide) groups is 1. The molecule has 0 aliphatic heterocycles. The third kappa shape index (κ3) is 6.26. The minimum atomic E-state index is -4.51. The fraction of sp³-hybridized carbons (Fsp3) is 0.192. The molecule has 0 bridgehead atoms. The molecule has 0 saturated heterocycles. The van der Waals surface area contributed by atoms with E-state index in [-0.39, 0.29) is 5.69 Å². The van der Waals surface area contributed by atoms with Gasteiger partial charge in [-0.05, 0) is 68.4 Å². The number of nitrogens with one attached hydrogen (secondary N) is 1. The van der Waals surface area contributed by atoms with Gasteiger partial charge >= 0.3 is 6.18 Å². The monoisotopic (exact) mass is 546 g/mol. The summed E-state index contributed by atoms with van der Waals surface area (Å²) in [7, 11) is 0. The number of aromatic nitrogens is 3. The molecule has 0 radical (unpaired) electrons. The number of benzene rings is 3. The summed E-state index contributed by atoms with van der Waals surface area (Å²) >= 11 is 7.55. The van der Waals surface area contributed by atoms with E-state index in [0.717, 1.165) is 29.6 Å². The summed E-state index contributed by atoms with van der Waals surface area (Å²) in [6.45, 7) is 4.06. The van der Waals surface area contributed by atoms with Crippen molar-refractivity contribution in [3.63, 3.8) is 0 Å². The van der Waals surface area contributed by atoms with Crippen LogP contribution in [0.1, 0.15) is 19.4 Å². The summed E-state index contributed by atoms with van der Waals surface area (Å²) in [5.74, 6) is 0.689. The Balaban J connectivity index is 1.63. The van der Waals surface area contributed by atoms with Gasteiger partial charge < -0.3 is 10.1 Å². The standard InChI is InChI=1S/C26H22ClF3N4O2S/c1-3-36-20-13-11-19(12-14-20)34-23(21-9-4-5-10-22(21)27)32-33-25(34)37-16(2)24(35)31-18-8-6-7-17(15-18)26(28,29)30/h4-16H,3H2,1-2H3,(H,31,35)/t16-/m1/s1. The zero-order valence-electron chi connectivity index (χ0n) is 19.8. The lowest BCUT2D eigenvalue weighted by molar-refractivity contribution is -0.137. The normalized spacial score (nSPS) is 12.3. The Morgan fingerprint density at radius 2 is 1.81 bits per heavy atom. The molecule has 192 valence electrons. The van der Waals surface area contributed by atoms with Crippen LogP contribution >= 0.6 is 23.4 Å². The first-order valence-corrected chi connectivity index (χ1v) is 12.5. The van der Waals surface area contributed by atoms with Crippen molar-refractivity contribution < 1.29 is 22.7 Å². The van der Waals surface area contributed by atoms with Crippen molar-refractivity contribution in [2.45, 2.75) is 30.4 Å². The molecule has 0 fully saturated rings. The lowest BCUT2D eigenvalue weighted by atomic mass is 10.2. The topological polar surface area (TPSA) is 69.0 Å². The van der Waals surface area contributed by atoms with Gasteiger partial charge in [0.1, 0.15) is 5.75 Å². The molecule has 1 amide bonds. The fourth-order valence-corrected chi connectivity index (χ4v) is 4.57. The molecule has 0 aliphatic rings. The maximum atomic E-state index is 13.0. The van der Waals surface area contributed by atoms with Crippen LogP contribution in [0.4, 0.5) is 18.9 Å². The van der Waals surface area contributed by atoms with Gasteiger partial charge in [0.15, 0.2) is 11.0 Å². The van der Waals surface area contributed by atoms with Crippen LogP contribution in [-0.4, -0.2) is 32.5 Å². The van der Waals surface area contributed by atoms with Gasteiger partial charge in [0.2, 0.25) is 5.91 Å². The summed E-state index contributed by atoms with van der Waals surface area (Å²) in [6.07, 6.45) is -4.51. The maximum absolute atomic E-state index is 13.0. The average molecular weight is 547 g/mol. The van der Waals surface area contributed by atoms with E-state index in [1.54, 1.807) is 23.6 Å². The van der Waals surface area contributed by atoms with E-state index in [2.05, 4.69) is 15.5 Å². The van der Waals surface area contributed by atoms with Crippen molar-refractivity contribution in [3.05, 3.63) is 83.4 Å². The van der Waals surface area contributed by atoms with Crippen LogP contribution in [0.5, 0.6) is 5.75 Å². The highest BCUT2D eigenvalue weighted by Crippen LogP contribution is 2.34. The Morgan fingerprint density at radius 1 is 1.08 bits per heavy atom. The lowest BCUT2D eigenvalue weighted by Gasteiger charge is -2.15. The first-order valence-electron chi connectivity index (χ1n) is 11.3. The van der Waals surface area contributed by atoms with Gasteiger partial charge in [0.25, 0.3) is 0 Å². The largest absolute Gasteiger partial charge is 0.494 e. The minimum absolute atomic E-state index is 0.0528. The number of ether oxygens (including phenoxy) is 1. The number of hydrogen-bond donors (Lipinski definition) is 1. The van der Waals surface area contributed by atoms with Crippen molar-refractivity contribution in [3.8, 4) is 22.8 Å².